The second kappa shape index (κ2) is 7.18. The first-order valence-corrected chi connectivity index (χ1v) is 9.67. The van der Waals surface area contributed by atoms with Crippen LogP contribution in [-0.2, 0) is 21.2 Å². The first-order valence-electron chi connectivity index (χ1n) is 7.83. The normalized spacial score (nSPS) is 12.7. The van der Waals surface area contributed by atoms with Gasteiger partial charge in [0.25, 0.3) is 0 Å². The number of hydrogen-bond donors (Lipinski definition) is 0. The van der Waals surface area contributed by atoms with Gasteiger partial charge in [0, 0.05) is 6.42 Å². The second-order valence-corrected chi connectivity index (χ2v) is 8.06. The van der Waals surface area contributed by atoms with Crippen LogP contribution in [-0.4, -0.2) is 26.5 Å². The number of ketones is 1. The molecule has 0 aliphatic rings. The van der Waals surface area contributed by atoms with E-state index in [1.807, 2.05) is 50.2 Å². The van der Waals surface area contributed by atoms with Gasteiger partial charge in [-0.3, -0.25) is 9.10 Å². The fourth-order valence-corrected chi connectivity index (χ4v) is 3.89. The van der Waals surface area contributed by atoms with Crippen LogP contribution in [0.15, 0.2) is 48.5 Å². The van der Waals surface area contributed by atoms with E-state index < -0.39 is 16.1 Å². The van der Waals surface area contributed by atoms with E-state index in [0.29, 0.717) is 5.69 Å². The van der Waals surface area contributed by atoms with Crippen molar-refractivity contribution in [2.75, 3.05) is 10.6 Å². The quantitative estimate of drug-likeness (QED) is 0.807. The van der Waals surface area contributed by atoms with Gasteiger partial charge in [-0.05, 0) is 38.5 Å². The number of Topliss-reactive ketones (excluding diaryl/α,β-unsaturated/α-hetero) is 1. The summed E-state index contributed by atoms with van der Waals surface area (Å²) in [6.07, 6.45) is 1.34. The number of carbonyl (C=O) groups excluding carboxylic acids is 1. The van der Waals surface area contributed by atoms with E-state index in [2.05, 4.69) is 0 Å². The van der Waals surface area contributed by atoms with Gasteiger partial charge in [-0.15, -0.1) is 0 Å². The largest absolute Gasteiger partial charge is 0.297 e. The van der Waals surface area contributed by atoms with Crippen LogP contribution >= 0.6 is 0 Å². The van der Waals surface area contributed by atoms with Crippen molar-refractivity contribution < 1.29 is 13.2 Å². The molecule has 2 aromatic rings. The monoisotopic (exact) mass is 345 g/mol. The summed E-state index contributed by atoms with van der Waals surface area (Å²) in [7, 11) is -3.56. The van der Waals surface area contributed by atoms with Crippen LogP contribution in [0.5, 0.6) is 0 Å². The molecule has 0 bridgehead atoms. The van der Waals surface area contributed by atoms with Crippen molar-refractivity contribution in [3.63, 3.8) is 0 Å². The minimum Gasteiger partial charge on any atom is -0.297 e. The van der Waals surface area contributed by atoms with Crippen molar-refractivity contribution in [1.29, 1.82) is 0 Å². The third-order valence-electron chi connectivity index (χ3n) is 3.92. The number of nitrogens with zero attached hydrogens (tertiary/aromatic N) is 1. The maximum Gasteiger partial charge on any atom is 0.232 e. The van der Waals surface area contributed by atoms with E-state index in [-0.39, 0.29) is 12.2 Å². The van der Waals surface area contributed by atoms with Crippen LogP contribution in [0.3, 0.4) is 0 Å². The van der Waals surface area contributed by atoms with Crippen LogP contribution in [0.4, 0.5) is 5.69 Å². The van der Waals surface area contributed by atoms with Crippen LogP contribution in [0.1, 0.15) is 23.6 Å². The molecule has 0 aliphatic carbocycles. The molecule has 5 heteroatoms. The molecular weight excluding hydrogens is 322 g/mol. The van der Waals surface area contributed by atoms with Gasteiger partial charge in [0.05, 0.1) is 11.9 Å². The van der Waals surface area contributed by atoms with E-state index >= 15 is 0 Å². The molecule has 1 atom stereocenters. The highest BCUT2D eigenvalue weighted by Crippen LogP contribution is 2.22. The minimum atomic E-state index is -3.56. The Kier molecular flexibility index (Phi) is 5.44. The molecule has 4 nitrogen and oxygen atoms in total. The van der Waals surface area contributed by atoms with Crippen LogP contribution in [0.25, 0.3) is 0 Å². The lowest BCUT2D eigenvalue weighted by Gasteiger charge is -2.28. The average Bonchev–Trinajstić information content (AvgIpc) is 2.48. The highest BCUT2D eigenvalue weighted by Gasteiger charge is 2.28. The molecule has 0 spiro atoms. The summed E-state index contributed by atoms with van der Waals surface area (Å²) in [5, 5.41) is 0. The van der Waals surface area contributed by atoms with Crippen molar-refractivity contribution in [3.05, 3.63) is 65.2 Å². The Morgan fingerprint density at radius 2 is 1.67 bits per heavy atom. The third-order valence-corrected chi connectivity index (χ3v) is 5.17. The van der Waals surface area contributed by atoms with Crippen molar-refractivity contribution in [2.24, 2.45) is 0 Å². The molecule has 0 aliphatic heterocycles. The third kappa shape index (κ3) is 4.45. The molecule has 0 heterocycles. The molecule has 2 aromatic carbocycles. The van der Waals surface area contributed by atoms with E-state index in [4.69, 9.17) is 0 Å². The smallest absolute Gasteiger partial charge is 0.232 e. The van der Waals surface area contributed by atoms with E-state index in [9.17, 15) is 13.2 Å². The van der Waals surface area contributed by atoms with Gasteiger partial charge < -0.3 is 0 Å². The highest BCUT2D eigenvalue weighted by atomic mass is 32.2. The number of carbonyl (C=O) groups is 1. The topological polar surface area (TPSA) is 54.5 Å². The molecule has 1 unspecified atom stereocenters. The molecule has 0 N–H and O–H groups in total. The van der Waals surface area contributed by atoms with E-state index in [1.54, 1.807) is 19.1 Å². The van der Waals surface area contributed by atoms with E-state index in [1.165, 1.54) is 4.31 Å². The Morgan fingerprint density at radius 1 is 1.04 bits per heavy atom. The zero-order valence-electron chi connectivity index (χ0n) is 14.5. The Balaban J connectivity index is 2.29. The predicted molar refractivity (Wildman–Crippen MR) is 97.9 cm³/mol. The fraction of sp³-hybridized carbons (Fsp3) is 0.316. The SMILES string of the molecule is Cc1ccc(N(C(C)C(=O)Cc2cccc(C)c2)S(C)(=O)=O)cc1. The number of hydrogen-bond acceptors (Lipinski definition) is 3. The molecule has 0 saturated carbocycles. The zero-order chi connectivity index (χ0) is 17.9. The van der Waals surface area contributed by atoms with E-state index in [0.717, 1.165) is 22.9 Å². The maximum atomic E-state index is 12.6. The lowest BCUT2D eigenvalue weighted by atomic mass is 10.0. The summed E-state index contributed by atoms with van der Waals surface area (Å²) < 4.78 is 25.7. The van der Waals surface area contributed by atoms with Gasteiger partial charge in [0.1, 0.15) is 6.04 Å². The Bertz CT molecular complexity index is 826. The summed E-state index contributed by atoms with van der Waals surface area (Å²) in [6.45, 7) is 5.53. The molecule has 0 amide bonds. The second-order valence-electron chi connectivity index (χ2n) is 6.20. The first kappa shape index (κ1) is 18.2. The van der Waals surface area contributed by atoms with Gasteiger partial charge >= 0.3 is 0 Å². The van der Waals surface area contributed by atoms with Gasteiger partial charge in [0.15, 0.2) is 5.78 Å². The fourth-order valence-electron chi connectivity index (χ4n) is 2.70. The minimum absolute atomic E-state index is 0.133. The molecule has 0 aromatic heterocycles. The molecule has 0 radical (unpaired) electrons. The van der Waals surface area contributed by atoms with Gasteiger partial charge in [0.2, 0.25) is 10.0 Å². The summed E-state index contributed by atoms with van der Waals surface area (Å²) >= 11 is 0. The van der Waals surface area contributed by atoms with Gasteiger partial charge in [-0.2, -0.15) is 0 Å². The number of rotatable bonds is 6. The molecule has 0 fully saturated rings. The number of benzene rings is 2. The van der Waals surface area contributed by atoms with Crippen molar-refractivity contribution in [2.45, 2.75) is 33.2 Å². The van der Waals surface area contributed by atoms with Crippen molar-refractivity contribution in [3.8, 4) is 0 Å². The molecule has 128 valence electrons. The van der Waals surface area contributed by atoms with Crippen LogP contribution in [0.2, 0.25) is 0 Å². The number of sulfonamides is 1. The molecular formula is C19H23NO3S. The van der Waals surface area contributed by atoms with Gasteiger partial charge in [-0.1, -0.05) is 47.5 Å². The molecule has 0 saturated heterocycles. The Labute approximate surface area is 144 Å². The summed E-state index contributed by atoms with van der Waals surface area (Å²) in [5.74, 6) is -0.133. The lowest BCUT2D eigenvalue weighted by molar-refractivity contribution is -0.119. The summed E-state index contributed by atoms with van der Waals surface area (Å²) in [5.41, 5.74) is 3.51. The van der Waals surface area contributed by atoms with Crippen LogP contribution < -0.4 is 4.31 Å². The van der Waals surface area contributed by atoms with Gasteiger partial charge in [-0.25, -0.2) is 8.42 Å². The van der Waals surface area contributed by atoms with Crippen molar-refractivity contribution in [1.82, 2.24) is 0 Å². The summed E-state index contributed by atoms with van der Waals surface area (Å²) in [6, 6.07) is 14.1. The zero-order valence-corrected chi connectivity index (χ0v) is 15.3. The Morgan fingerprint density at radius 3 is 2.21 bits per heavy atom. The highest BCUT2D eigenvalue weighted by molar-refractivity contribution is 7.92. The maximum absolute atomic E-state index is 12.6. The Hall–Kier alpha value is -2.14. The molecule has 24 heavy (non-hydrogen) atoms. The predicted octanol–water partition coefficient (Wildman–Crippen LogP) is 3.27. The molecule has 2 rings (SSSR count). The average molecular weight is 345 g/mol. The standard InChI is InChI=1S/C19H23NO3S/c1-14-8-10-18(11-9-14)20(24(4,22)23)16(3)19(21)13-17-7-5-6-15(2)12-17/h5-12,16H,13H2,1-4H3. The first-order chi connectivity index (χ1) is 11.2. The lowest BCUT2D eigenvalue weighted by Crippen LogP contribution is -2.43. The number of aryl methyl sites for hydroxylation is 2. The summed E-state index contributed by atoms with van der Waals surface area (Å²) in [4.78, 5) is 12.6. The number of anilines is 1. The van der Waals surface area contributed by atoms with Crippen molar-refractivity contribution >= 4 is 21.5 Å². The van der Waals surface area contributed by atoms with Crippen LogP contribution in [0, 0.1) is 13.8 Å².